The summed E-state index contributed by atoms with van der Waals surface area (Å²) in [5, 5.41) is 9.32. The van der Waals surface area contributed by atoms with Crippen LogP contribution in [0.5, 0.6) is 0 Å². The van der Waals surface area contributed by atoms with Gasteiger partial charge in [0.05, 0.1) is 11.4 Å². The highest BCUT2D eigenvalue weighted by Crippen LogP contribution is 2.67. The highest BCUT2D eigenvalue weighted by atomic mass is 16.3. The van der Waals surface area contributed by atoms with Crippen molar-refractivity contribution < 1.29 is 8.83 Å². The first-order valence-electron chi connectivity index (χ1n) is 28.3. The van der Waals surface area contributed by atoms with E-state index < -0.39 is 5.41 Å². The van der Waals surface area contributed by atoms with Crippen LogP contribution in [0.25, 0.3) is 98.8 Å². The molecule has 0 unspecified atom stereocenters. The normalized spacial score (nSPS) is 13.2. The van der Waals surface area contributed by atoms with E-state index in [0.29, 0.717) is 0 Å². The summed E-state index contributed by atoms with van der Waals surface area (Å²) in [4.78, 5) is 4.74. The molecule has 4 heteroatoms. The lowest BCUT2D eigenvalue weighted by molar-refractivity contribution is 0.0977. The number of fused-ring (bicyclic) bond motifs is 13. The van der Waals surface area contributed by atoms with Crippen LogP contribution in [0.3, 0.4) is 0 Å². The van der Waals surface area contributed by atoms with Gasteiger partial charge in [0.25, 0.3) is 0 Å². The van der Waals surface area contributed by atoms with Crippen LogP contribution in [0, 0.1) is 10.8 Å². The van der Waals surface area contributed by atoms with Crippen LogP contribution in [-0.2, 0) is 5.41 Å². The summed E-state index contributed by atoms with van der Waals surface area (Å²) < 4.78 is 14.2. The number of para-hydroxylation sites is 6. The van der Waals surface area contributed by atoms with Gasteiger partial charge in [0.2, 0.25) is 0 Å². The van der Waals surface area contributed by atoms with E-state index in [1.165, 1.54) is 43.8 Å². The molecule has 81 heavy (non-hydrogen) atoms. The quantitative estimate of drug-likeness (QED) is 0.152. The molecule has 0 fully saturated rings. The molecule has 0 spiro atoms. The molecule has 0 radical (unpaired) electrons. The van der Waals surface area contributed by atoms with E-state index in [-0.39, 0.29) is 10.8 Å². The Bertz CT molecular complexity index is 4460. The zero-order valence-electron chi connectivity index (χ0n) is 46.5. The van der Waals surface area contributed by atoms with Crippen LogP contribution < -0.4 is 9.80 Å². The number of furan rings is 2. The standard InChI is InChI=1S/C77H60N2O2/c1-75(2,3)77(76(4,5)6)69-57-45-41-55(78(53-27-15-9-16-28-53)67-37-21-35-65-63-33-19-31-59(71(63)80-73(65)67)49-23-11-7-12-24-49)47-51(57)39-43-61(69)62-44-40-52-48-56(42-46-58(52)70(62)77)79(54-29-17-10-18-30-54)68-38-22-36-66-64-34-20-32-60(72(64)81-74(66)68)50-25-13-8-14-26-50/h7-48H,1-6H3. The van der Waals surface area contributed by atoms with Gasteiger partial charge in [-0.05, 0) is 126 Å². The van der Waals surface area contributed by atoms with Crippen molar-refractivity contribution in [1.82, 2.24) is 0 Å². The second-order valence-electron chi connectivity index (χ2n) is 24.0. The molecule has 14 aromatic rings. The Balaban J connectivity index is 0.898. The number of rotatable bonds is 8. The predicted octanol–water partition coefficient (Wildman–Crippen LogP) is 22.4. The van der Waals surface area contributed by atoms with E-state index in [1.807, 2.05) is 0 Å². The molecule has 12 aromatic carbocycles. The molecular weight excluding hydrogens is 985 g/mol. The third-order valence-electron chi connectivity index (χ3n) is 17.5. The van der Waals surface area contributed by atoms with Crippen molar-refractivity contribution in [2.75, 3.05) is 9.80 Å². The Labute approximate surface area is 472 Å². The zero-order valence-corrected chi connectivity index (χ0v) is 46.5. The minimum atomic E-state index is -0.419. The Morgan fingerprint density at radius 3 is 1.02 bits per heavy atom. The molecule has 2 aromatic heterocycles. The van der Waals surface area contributed by atoms with Crippen LogP contribution in [-0.4, -0.2) is 0 Å². The average Bonchev–Trinajstić information content (AvgIpc) is 4.30. The predicted molar refractivity (Wildman–Crippen MR) is 341 cm³/mol. The molecule has 0 amide bonds. The molecule has 390 valence electrons. The Morgan fingerprint density at radius 1 is 0.284 bits per heavy atom. The molecule has 2 heterocycles. The molecule has 15 rings (SSSR count). The number of nitrogens with zero attached hydrogens (tertiary/aromatic N) is 2. The van der Waals surface area contributed by atoms with Crippen molar-refractivity contribution in [3.63, 3.8) is 0 Å². The van der Waals surface area contributed by atoms with Gasteiger partial charge in [-0.15, -0.1) is 0 Å². The van der Waals surface area contributed by atoms with Crippen molar-refractivity contribution in [3.8, 4) is 33.4 Å². The third-order valence-corrected chi connectivity index (χ3v) is 17.5. The van der Waals surface area contributed by atoms with E-state index in [2.05, 4.69) is 306 Å². The van der Waals surface area contributed by atoms with Crippen molar-refractivity contribution in [1.29, 1.82) is 0 Å². The molecule has 0 bridgehead atoms. The zero-order chi connectivity index (χ0) is 54.8. The first-order chi connectivity index (χ1) is 39.5. The van der Waals surface area contributed by atoms with Gasteiger partial charge in [-0.1, -0.05) is 236 Å². The third kappa shape index (κ3) is 7.29. The monoisotopic (exact) mass is 1040 g/mol. The smallest absolute Gasteiger partial charge is 0.159 e. The van der Waals surface area contributed by atoms with Gasteiger partial charge < -0.3 is 18.6 Å². The van der Waals surface area contributed by atoms with E-state index >= 15 is 0 Å². The highest BCUT2D eigenvalue weighted by Gasteiger charge is 2.59. The van der Waals surface area contributed by atoms with Crippen LogP contribution in [0.1, 0.15) is 52.7 Å². The molecule has 0 saturated carbocycles. The van der Waals surface area contributed by atoms with E-state index in [4.69, 9.17) is 8.83 Å². The maximum atomic E-state index is 7.08. The lowest BCUT2D eigenvalue weighted by atomic mass is 9.49. The molecule has 4 nitrogen and oxygen atoms in total. The maximum absolute atomic E-state index is 7.08. The molecule has 0 saturated heterocycles. The summed E-state index contributed by atoms with van der Waals surface area (Å²) in [5.74, 6) is 0. The lowest BCUT2D eigenvalue weighted by Gasteiger charge is -2.53. The second kappa shape index (κ2) is 18.2. The summed E-state index contributed by atoms with van der Waals surface area (Å²) in [6.45, 7) is 14.8. The summed E-state index contributed by atoms with van der Waals surface area (Å²) in [7, 11) is 0. The summed E-state index contributed by atoms with van der Waals surface area (Å²) >= 11 is 0. The van der Waals surface area contributed by atoms with Crippen molar-refractivity contribution in [2.24, 2.45) is 10.8 Å². The van der Waals surface area contributed by atoms with Gasteiger partial charge in [-0.25, -0.2) is 0 Å². The summed E-state index contributed by atoms with van der Waals surface area (Å²) in [5.41, 5.74) is 18.7. The molecular formula is C77H60N2O2. The SMILES string of the molecule is CC(C)(C)C1(C(C)(C)C)c2c(ccc3cc(N(c4ccccc4)c4cccc5c4oc4c(-c6ccccc6)cccc45)ccc23)-c2ccc3cc(N(c4ccccc4)c4cccc5c4oc4c(-c6ccccc6)cccc45)ccc3c21. The Kier molecular flexibility index (Phi) is 10.9. The van der Waals surface area contributed by atoms with Gasteiger partial charge in [-0.3, -0.25) is 0 Å². The fraction of sp³-hybridized carbons (Fsp3) is 0.117. The van der Waals surface area contributed by atoms with Crippen molar-refractivity contribution >= 4 is 99.5 Å². The fourth-order valence-corrected chi connectivity index (χ4v) is 14.6. The Morgan fingerprint density at radius 2 is 0.642 bits per heavy atom. The average molecular weight is 1050 g/mol. The van der Waals surface area contributed by atoms with Gasteiger partial charge in [-0.2, -0.15) is 0 Å². The van der Waals surface area contributed by atoms with E-state index in [0.717, 1.165) is 100 Å². The number of hydrogen-bond acceptors (Lipinski definition) is 4. The number of hydrogen-bond donors (Lipinski definition) is 0. The second-order valence-corrected chi connectivity index (χ2v) is 24.0. The highest BCUT2D eigenvalue weighted by molar-refractivity contribution is 6.16. The van der Waals surface area contributed by atoms with Gasteiger partial charge in [0.15, 0.2) is 11.2 Å². The van der Waals surface area contributed by atoms with Crippen molar-refractivity contribution in [3.05, 3.63) is 266 Å². The maximum Gasteiger partial charge on any atom is 0.159 e. The lowest BCUT2D eigenvalue weighted by Crippen LogP contribution is -2.50. The number of benzene rings is 12. The van der Waals surface area contributed by atoms with Crippen LogP contribution >= 0.6 is 0 Å². The van der Waals surface area contributed by atoms with Gasteiger partial charge >= 0.3 is 0 Å². The largest absolute Gasteiger partial charge is 0.453 e. The molecule has 0 aliphatic heterocycles. The topological polar surface area (TPSA) is 32.8 Å². The Hall–Kier alpha value is -9.64. The van der Waals surface area contributed by atoms with Crippen LogP contribution in [0.2, 0.25) is 0 Å². The van der Waals surface area contributed by atoms with E-state index in [1.54, 1.807) is 0 Å². The van der Waals surface area contributed by atoms with Crippen LogP contribution in [0.4, 0.5) is 34.1 Å². The summed E-state index contributed by atoms with van der Waals surface area (Å²) in [6.07, 6.45) is 0. The summed E-state index contributed by atoms with van der Waals surface area (Å²) in [6, 6.07) is 92.4. The first-order valence-corrected chi connectivity index (χ1v) is 28.3. The molecule has 1 aliphatic rings. The molecule has 1 aliphatic carbocycles. The van der Waals surface area contributed by atoms with E-state index in [9.17, 15) is 0 Å². The molecule has 0 N–H and O–H groups in total. The van der Waals surface area contributed by atoms with Crippen molar-refractivity contribution in [2.45, 2.75) is 47.0 Å². The number of anilines is 6. The first kappa shape index (κ1) is 48.5. The van der Waals surface area contributed by atoms with Gasteiger partial charge in [0, 0.05) is 60.8 Å². The molecule has 0 atom stereocenters. The minimum Gasteiger partial charge on any atom is -0.453 e. The minimum absolute atomic E-state index is 0.220. The fourth-order valence-electron chi connectivity index (χ4n) is 14.6. The van der Waals surface area contributed by atoms with Crippen LogP contribution in [0.15, 0.2) is 264 Å². The van der Waals surface area contributed by atoms with Gasteiger partial charge in [0.1, 0.15) is 11.2 Å².